The van der Waals surface area contributed by atoms with Gasteiger partial charge in [-0.2, -0.15) is 5.26 Å². The topological polar surface area (TPSA) is 75.0 Å². The first-order valence-electron chi connectivity index (χ1n) is 3.03. The van der Waals surface area contributed by atoms with Gasteiger partial charge in [0.05, 0.1) is 11.3 Å². The highest BCUT2D eigenvalue weighted by atomic mass is 32.2. The second kappa shape index (κ2) is 2.05. The summed E-state index contributed by atoms with van der Waals surface area (Å²) in [5.74, 6) is 0. The Bertz CT molecular complexity index is 326. The van der Waals surface area contributed by atoms with Crippen LogP contribution in [0.2, 0.25) is 0 Å². The fraction of sp³-hybridized carbons (Fsp3) is 0.667. The number of aldehydes is 1. The van der Waals surface area contributed by atoms with E-state index in [4.69, 9.17) is 5.26 Å². The Balaban J connectivity index is 2.92. The molecule has 0 spiro atoms. The summed E-state index contributed by atoms with van der Waals surface area (Å²) >= 11 is 0. The number of carbonyl (C=O) groups excluding carboxylic acids is 1. The third-order valence-electron chi connectivity index (χ3n) is 1.87. The molecular formula is C6H7NO3S. The van der Waals surface area contributed by atoms with Crippen LogP contribution in [0.3, 0.4) is 0 Å². The van der Waals surface area contributed by atoms with E-state index in [0.29, 0.717) is 6.29 Å². The van der Waals surface area contributed by atoms with Crippen molar-refractivity contribution in [2.45, 2.75) is 11.7 Å². The maximum atomic E-state index is 10.8. The minimum atomic E-state index is -3.22. The Morgan fingerprint density at radius 2 is 2.27 bits per heavy atom. The highest BCUT2D eigenvalue weighted by Gasteiger charge is 2.61. The Morgan fingerprint density at radius 3 is 2.36 bits per heavy atom. The van der Waals surface area contributed by atoms with Crippen molar-refractivity contribution in [3.63, 3.8) is 0 Å². The van der Waals surface area contributed by atoms with Crippen LogP contribution in [0.15, 0.2) is 0 Å². The fourth-order valence-corrected chi connectivity index (χ4v) is 2.50. The van der Waals surface area contributed by atoms with Gasteiger partial charge >= 0.3 is 0 Å². The molecular weight excluding hydrogens is 166 g/mol. The van der Waals surface area contributed by atoms with Crippen LogP contribution in [0.5, 0.6) is 0 Å². The molecule has 1 aliphatic rings. The molecule has 2 atom stereocenters. The van der Waals surface area contributed by atoms with Crippen molar-refractivity contribution < 1.29 is 13.2 Å². The minimum absolute atomic E-state index is 0.159. The lowest BCUT2D eigenvalue weighted by Crippen LogP contribution is -2.14. The van der Waals surface area contributed by atoms with Crippen LogP contribution in [-0.2, 0) is 14.6 Å². The van der Waals surface area contributed by atoms with Crippen LogP contribution in [0.1, 0.15) is 6.42 Å². The molecule has 0 N–H and O–H groups in total. The molecule has 0 aliphatic heterocycles. The third-order valence-corrected chi connectivity index (χ3v) is 3.49. The zero-order valence-corrected chi connectivity index (χ0v) is 6.76. The van der Waals surface area contributed by atoms with Gasteiger partial charge in [-0.3, -0.25) is 0 Å². The van der Waals surface area contributed by atoms with Crippen molar-refractivity contribution in [3.8, 4) is 6.07 Å². The molecule has 0 saturated heterocycles. The highest BCUT2D eigenvalue weighted by molar-refractivity contribution is 7.91. The van der Waals surface area contributed by atoms with Gasteiger partial charge in [0.15, 0.2) is 9.84 Å². The predicted octanol–water partition coefficient (Wildman–Crippen LogP) is -0.488. The third kappa shape index (κ3) is 1.14. The SMILES string of the molecule is CS(=O)(=O)C1CC1(C#N)C=O. The predicted molar refractivity (Wildman–Crippen MR) is 37.4 cm³/mol. The number of rotatable bonds is 2. The van der Waals surface area contributed by atoms with Gasteiger partial charge in [0, 0.05) is 6.26 Å². The molecule has 0 bridgehead atoms. The number of nitrogens with zero attached hydrogens (tertiary/aromatic N) is 1. The van der Waals surface area contributed by atoms with E-state index in [1.807, 2.05) is 0 Å². The summed E-state index contributed by atoms with van der Waals surface area (Å²) in [6.07, 6.45) is 1.63. The van der Waals surface area contributed by atoms with Crippen LogP contribution in [0.25, 0.3) is 0 Å². The van der Waals surface area contributed by atoms with Crippen molar-refractivity contribution in [3.05, 3.63) is 0 Å². The lowest BCUT2D eigenvalue weighted by Gasteiger charge is -1.94. The van der Waals surface area contributed by atoms with Crippen LogP contribution >= 0.6 is 0 Å². The van der Waals surface area contributed by atoms with E-state index >= 15 is 0 Å². The zero-order chi connectivity index (χ0) is 8.70. The molecule has 1 aliphatic carbocycles. The molecule has 0 heterocycles. The van der Waals surface area contributed by atoms with Crippen molar-refractivity contribution in [2.75, 3.05) is 6.26 Å². The van der Waals surface area contributed by atoms with Gasteiger partial charge < -0.3 is 4.79 Å². The molecule has 5 heteroatoms. The average molecular weight is 173 g/mol. The number of sulfone groups is 1. The van der Waals surface area contributed by atoms with Gasteiger partial charge in [-0.15, -0.1) is 0 Å². The van der Waals surface area contributed by atoms with E-state index in [9.17, 15) is 13.2 Å². The smallest absolute Gasteiger partial charge is 0.152 e. The molecule has 4 nitrogen and oxygen atoms in total. The van der Waals surface area contributed by atoms with Crippen LogP contribution in [0.4, 0.5) is 0 Å². The lowest BCUT2D eigenvalue weighted by atomic mass is 10.2. The number of nitriles is 1. The molecule has 0 aromatic heterocycles. The van der Waals surface area contributed by atoms with E-state index in [1.54, 1.807) is 6.07 Å². The van der Waals surface area contributed by atoms with Crippen LogP contribution < -0.4 is 0 Å². The highest BCUT2D eigenvalue weighted by Crippen LogP contribution is 2.47. The van der Waals surface area contributed by atoms with Crippen LogP contribution in [-0.4, -0.2) is 26.2 Å². The molecule has 60 valence electrons. The monoisotopic (exact) mass is 173 g/mol. The summed E-state index contributed by atoms with van der Waals surface area (Å²) in [4.78, 5) is 10.3. The van der Waals surface area contributed by atoms with Crippen molar-refractivity contribution in [1.82, 2.24) is 0 Å². The summed E-state index contributed by atoms with van der Waals surface area (Å²) in [5.41, 5.74) is -1.23. The van der Waals surface area contributed by atoms with Gasteiger partial charge in [0.1, 0.15) is 11.7 Å². The fourth-order valence-electron chi connectivity index (χ4n) is 1.05. The molecule has 0 aromatic carbocycles. The van der Waals surface area contributed by atoms with Crippen molar-refractivity contribution in [2.24, 2.45) is 5.41 Å². The molecule has 0 amide bonds. The quantitative estimate of drug-likeness (QED) is 0.528. The Hall–Kier alpha value is -0.890. The second-order valence-electron chi connectivity index (χ2n) is 2.79. The zero-order valence-electron chi connectivity index (χ0n) is 5.94. The van der Waals surface area contributed by atoms with E-state index in [1.165, 1.54) is 0 Å². The molecule has 0 radical (unpaired) electrons. The first kappa shape index (κ1) is 8.21. The Kier molecular flexibility index (Phi) is 1.53. The molecule has 1 rings (SSSR count). The summed E-state index contributed by atoms with van der Waals surface area (Å²) in [6, 6.07) is 1.71. The number of hydrogen-bond donors (Lipinski definition) is 0. The summed E-state index contributed by atoms with van der Waals surface area (Å²) in [7, 11) is -3.22. The number of carbonyl (C=O) groups is 1. The molecule has 0 aromatic rings. The van der Waals surface area contributed by atoms with Crippen molar-refractivity contribution >= 4 is 16.1 Å². The standard InChI is InChI=1S/C6H7NO3S/c1-11(9,10)5-2-6(5,3-7)4-8/h4-5H,2H2,1H3. The van der Waals surface area contributed by atoms with Gasteiger partial charge in [-0.05, 0) is 6.42 Å². The molecule has 2 unspecified atom stereocenters. The van der Waals surface area contributed by atoms with Gasteiger partial charge in [-0.25, -0.2) is 8.42 Å². The largest absolute Gasteiger partial charge is 0.302 e. The maximum Gasteiger partial charge on any atom is 0.152 e. The average Bonchev–Trinajstić information content (AvgIpc) is 2.61. The van der Waals surface area contributed by atoms with E-state index in [-0.39, 0.29) is 6.42 Å². The van der Waals surface area contributed by atoms with Gasteiger partial charge in [0.2, 0.25) is 0 Å². The lowest BCUT2D eigenvalue weighted by molar-refractivity contribution is -0.110. The summed E-state index contributed by atoms with van der Waals surface area (Å²) in [6.45, 7) is 0. The molecule has 11 heavy (non-hydrogen) atoms. The first-order valence-corrected chi connectivity index (χ1v) is 4.98. The normalized spacial score (nSPS) is 35.8. The summed E-state index contributed by atoms with van der Waals surface area (Å²) in [5, 5.41) is 7.68. The van der Waals surface area contributed by atoms with E-state index in [0.717, 1.165) is 6.26 Å². The van der Waals surface area contributed by atoms with Gasteiger partial charge in [-0.1, -0.05) is 0 Å². The van der Waals surface area contributed by atoms with E-state index in [2.05, 4.69) is 0 Å². The van der Waals surface area contributed by atoms with Crippen LogP contribution in [0, 0.1) is 16.7 Å². The Morgan fingerprint density at radius 1 is 1.73 bits per heavy atom. The number of hydrogen-bond acceptors (Lipinski definition) is 4. The van der Waals surface area contributed by atoms with Crippen molar-refractivity contribution in [1.29, 1.82) is 5.26 Å². The maximum absolute atomic E-state index is 10.8. The Labute approximate surface area is 64.7 Å². The van der Waals surface area contributed by atoms with Gasteiger partial charge in [0.25, 0.3) is 0 Å². The second-order valence-corrected chi connectivity index (χ2v) is 5.02. The molecule has 1 saturated carbocycles. The summed E-state index contributed by atoms with van der Waals surface area (Å²) < 4.78 is 21.6. The van der Waals surface area contributed by atoms with E-state index < -0.39 is 20.5 Å². The minimum Gasteiger partial charge on any atom is -0.302 e. The first-order chi connectivity index (χ1) is 4.96. The molecule has 1 fully saturated rings.